The van der Waals surface area contributed by atoms with Gasteiger partial charge >= 0.3 is 0 Å². The molecule has 2 N–H and O–H groups in total. The van der Waals surface area contributed by atoms with Crippen molar-refractivity contribution in [2.75, 3.05) is 0 Å². The summed E-state index contributed by atoms with van der Waals surface area (Å²) in [5.41, 5.74) is 5.28. The minimum Gasteiger partial charge on any atom is -0.361 e. The Kier molecular flexibility index (Phi) is 5.65. The Hall–Kier alpha value is -3.74. The first-order valence-corrected chi connectivity index (χ1v) is 10.7. The number of aromatic amines is 2. The molecule has 0 bridgehead atoms. The average Bonchev–Trinajstić information content (AvgIpc) is 3.13. The van der Waals surface area contributed by atoms with Gasteiger partial charge in [-0.1, -0.05) is 0 Å². The number of aromatic nitrogens is 4. The summed E-state index contributed by atoms with van der Waals surface area (Å²) in [4.78, 5) is 43.1. The Morgan fingerprint density at radius 2 is 1.78 bits per heavy atom. The molecule has 4 rings (SSSR count). The second-order valence-corrected chi connectivity index (χ2v) is 8.46. The summed E-state index contributed by atoms with van der Waals surface area (Å²) in [6.45, 7) is 9.88. The smallest absolute Gasteiger partial charge is 0.255 e. The number of nitrogens with one attached hydrogen (secondary N) is 2. The Labute approximate surface area is 186 Å². The Morgan fingerprint density at radius 3 is 2.44 bits per heavy atom. The van der Waals surface area contributed by atoms with Crippen LogP contribution in [0.25, 0.3) is 22.3 Å². The van der Waals surface area contributed by atoms with Crippen LogP contribution < -0.4 is 5.56 Å². The number of benzene rings is 1. The maximum Gasteiger partial charge on any atom is 0.255 e. The van der Waals surface area contributed by atoms with Gasteiger partial charge in [0.1, 0.15) is 0 Å². The molecule has 164 valence electrons. The van der Waals surface area contributed by atoms with Crippen LogP contribution in [-0.4, -0.2) is 36.8 Å². The molecule has 0 unspecified atom stereocenters. The van der Waals surface area contributed by atoms with Gasteiger partial charge in [-0.2, -0.15) is 0 Å². The topological polar surface area (TPSA) is 94.7 Å². The molecule has 0 saturated heterocycles. The number of carbonyl (C=O) groups excluding carboxylic acids is 1. The van der Waals surface area contributed by atoms with E-state index in [4.69, 9.17) is 0 Å². The van der Waals surface area contributed by atoms with Gasteiger partial charge in [-0.3, -0.25) is 9.59 Å². The van der Waals surface area contributed by atoms with E-state index in [1.165, 1.54) is 0 Å². The highest BCUT2D eigenvalue weighted by atomic mass is 16.2. The monoisotopic (exact) mass is 429 g/mol. The molecule has 0 fully saturated rings. The predicted molar refractivity (Wildman–Crippen MR) is 126 cm³/mol. The minimum atomic E-state index is -0.157. The minimum absolute atomic E-state index is 0.103. The number of rotatable bonds is 5. The largest absolute Gasteiger partial charge is 0.361 e. The molecular formula is C25H27N5O2. The maximum absolute atomic E-state index is 13.9. The highest BCUT2D eigenvalue weighted by molar-refractivity contribution is 6.09. The van der Waals surface area contributed by atoms with Crippen LogP contribution in [0.3, 0.4) is 0 Å². The van der Waals surface area contributed by atoms with Crippen molar-refractivity contribution in [3.8, 4) is 11.4 Å². The molecule has 1 aromatic carbocycles. The van der Waals surface area contributed by atoms with Crippen molar-refractivity contribution in [1.29, 1.82) is 0 Å². The van der Waals surface area contributed by atoms with E-state index in [0.29, 0.717) is 17.0 Å². The molecule has 1 amide bonds. The molecular weight excluding hydrogens is 402 g/mol. The summed E-state index contributed by atoms with van der Waals surface area (Å²) < 4.78 is 0. The lowest BCUT2D eigenvalue weighted by Crippen LogP contribution is -2.38. The lowest BCUT2D eigenvalue weighted by molar-refractivity contribution is 0.0691. The van der Waals surface area contributed by atoms with E-state index >= 15 is 0 Å². The molecule has 3 heterocycles. The fraction of sp³-hybridized carbons (Fsp3) is 0.280. The van der Waals surface area contributed by atoms with Crippen molar-refractivity contribution in [3.05, 3.63) is 81.2 Å². The van der Waals surface area contributed by atoms with Crippen LogP contribution in [0.15, 0.2) is 47.7 Å². The third-order valence-corrected chi connectivity index (χ3v) is 5.74. The first-order valence-electron chi connectivity index (χ1n) is 10.7. The summed E-state index contributed by atoms with van der Waals surface area (Å²) in [6, 6.07) is 7.40. The van der Waals surface area contributed by atoms with E-state index in [2.05, 4.69) is 19.9 Å². The second kappa shape index (κ2) is 8.42. The maximum atomic E-state index is 13.9. The van der Waals surface area contributed by atoms with E-state index in [1.54, 1.807) is 23.4 Å². The molecule has 0 aliphatic heterocycles. The number of H-pyrrole nitrogens is 2. The normalized spacial score (nSPS) is 11.3. The average molecular weight is 430 g/mol. The van der Waals surface area contributed by atoms with Crippen molar-refractivity contribution in [3.63, 3.8) is 0 Å². The third kappa shape index (κ3) is 3.93. The third-order valence-electron chi connectivity index (χ3n) is 5.74. The number of pyridine rings is 1. The highest BCUT2D eigenvalue weighted by Gasteiger charge is 2.25. The molecule has 0 aliphatic carbocycles. The van der Waals surface area contributed by atoms with Crippen molar-refractivity contribution in [2.24, 2.45) is 0 Å². The molecule has 7 nitrogen and oxygen atoms in total. The van der Waals surface area contributed by atoms with Gasteiger partial charge < -0.3 is 14.9 Å². The van der Waals surface area contributed by atoms with Gasteiger partial charge in [0.15, 0.2) is 5.82 Å². The predicted octanol–water partition coefficient (Wildman–Crippen LogP) is 4.29. The van der Waals surface area contributed by atoms with E-state index in [9.17, 15) is 9.59 Å². The number of nitrogens with zero attached hydrogens (tertiary/aromatic N) is 3. The van der Waals surface area contributed by atoms with Gasteiger partial charge in [0, 0.05) is 57.9 Å². The van der Waals surface area contributed by atoms with Crippen LogP contribution in [-0.2, 0) is 6.54 Å². The summed E-state index contributed by atoms with van der Waals surface area (Å²) in [7, 11) is 0. The van der Waals surface area contributed by atoms with E-state index in [-0.39, 0.29) is 24.1 Å². The van der Waals surface area contributed by atoms with Crippen molar-refractivity contribution >= 4 is 16.8 Å². The number of fused-ring (bicyclic) bond motifs is 1. The van der Waals surface area contributed by atoms with Gasteiger partial charge in [-0.05, 0) is 70.0 Å². The summed E-state index contributed by atoms with van der Waals surface area (Å²) in [5, 5.41) is 0.870. The van der Waals surface area contributed by atoms with Crippen molar-refractivity contribution < 1.29 is 4.79 Å². The highest BCUT2D eigenvalue weighted by Crippen LogP contribution is 2.29. The zero-order valence-electron chi connectivity index (χ0n) is 19.0. The number of aryl methyl sites for hydroxylation is 3. The van der Waals surface area contributed by atoms with Crippen LogP contribution in [0, 0.1) is 20.8 Å². The van der Waals surface area contributed by atoms with Crippen molar-refractivity contribution in [1.82, 2.24) is 24.8 Å². The number of hydrogen-bond donors (Lipinski definition) is 2. The standard InChI is InChI=1S/C25H27N5O2/c1-14(2)30(13-20-15(3)9-17(5)29-24(20)31)25(32)19-10-18(23-26-7-6-8-27-23)11-21-22(19)16(4)12-28-21/h6-12,14,28H,13H2,1-5H3,(H,29,31). The Morgan fingerprint density at radius 1 is 1.06 bits per heavy atom. The van der Waals surface area contributed by atoms with Gasteiger partial charge in [0.2, 0.25) is 0 Å². The fourth-order valence-corrected chi connectivity index (χ4v) is 4.08. The summed E-state index contributed by atoms with van der Waals surface area (Å²) in [5.74, 6) is 0.419. The fourth-order valence-electron chi connectivity index (χ4n) is 4.08. The molecule has 0 radical (unpaired) electrons. The zero-order chi connectivity index (χ0) is 23.0. The van der Waals surface area contributed by atoms with Crippen LogP contribution in [0.1, 0.15) is 46.6 Å². The Balaban J connectivity index is 1.84. The lowest BCUT2D eigenvalue weighted by Gasteiger charge is -2.28. The zero-order valence-corrected chi connectivity index (χ0v) is 19.0. The summed E-state index contributed by atoms with van der Waals surface area (Å²) >= 11 is 0. The van der Waals surface area contributed by atoms with E-state index in [0.717, 1.165) is 33.3 Å². The van der Waals surface area contributed by atoms with Crippen LogP contribution >= 0.6 is 0 Å². The molecule has 4 aromatic rings. The Bertz CT molecular complexity index is 1350. The summed E-state index contributed by atoms with van der Waals surface area (Å²) in [6.07, 6.45) is 5.26. The van der Waals surface area contributed by atoms with Gasteiger partial charge in [0.25, 0.3) is 11.5 Å². The number of amides is 1. The quantitative estimate of drug-likeness (QED) is 0.495. The van der Waals surface area contributed by atoms with Gasteiger partial charge in [-0.15, -0.1) is 0 Å². The van der Waals surface area contributed by atoms with E-state index < -0.39 is 0 Å². The second-order valence-electron chi connectivity index (χ2n) is 8.46. The van der Waals surface area contributed by atoms with Gasteiger partial charge in [-0.25, -0.2) is 9.97 Å². The molecule has 0 spiro atoms. The van der Waals surface area contributed by atoms with Crippen LogP contribution in [0.5, 0.6) is 0 Å². The molecule has 7 heteroatoms. The van der Waals surface area contributed by atoms with Crippen LogP contribution in [0.2, 0.25) is 0 Å². The molecule has 0 atom stereocenters. The van der Waals surface area contributed by atoms with E-state index in [1.807, 2.05) is 59.0 Å². The van der Waals surface area contributed by atoms with Gasteiger partial charge in [0.05, 0.1) is 6.54 Å². The molecule has 0 aliphatic rings. The van der Waals surface area contributed by atoms with Crippen molar-refractivity contribution in [2.45, 2.75) is 47.2 Å². The molecule has 0 saturated carbocycles. The van der Waals surface area contributed by atoms with Crippen LogP contribution in [0.4, 0.5) is 0 Å². The number of hydrogen-bond acceptors (Lipinski definition) is 4. The first-order chi connectivity index (χ1) is 15.3. The first kappa shape index (κ1) is 21.5. The molecule has 3 aromatic heterocycles. The molecule has 32 heavy (non-hydrogen) atoms. The SMILES string of the molecule is Cc1cc(C)c(CN(C(=O)c2cc(-c3ncccn3)cc3[nH]cc(C)c23)C(C)C)c(=O)[nH]1. The number of carbonyl (C=O) groups is 1. The lowest BCUT2D eigenvalue weighted by atomic mass is 10.0.